The van der Waals surface area contributed by atoms with Crippen molar-refractivity contribution in [1.82, 2.24) is 0 Å². The van der Waals surface area contributed by atoms with Crippen LogP contribution in [0.2, 0.25) is 0 Å². The van der Waals surface area contributed by atoms with Gasteiger partial charge in [-0.3, -0.25) is 9.10 Å². The van der Waals surface area contributed by atoms with Crippen LogP contribution in [0.5, 0.6) is 0 Å². The van der Waals surface area contributed by atoms with Crippen LogP contribution in [0.1, 0.15) is 20.8 Å². The number of carbonyl (C=O) groups is 1. The number of benzene rings is 3. The normalized spacial score (nSPS) is 11.5. The van der Waals surface area contributed by atoms with Crippen molar-refractivity contribution in [2.45, 2.75) is 18.7 Å². The summed E-state index contributed by atoms with van der Waals surface area (Å²) in [5, 5.41) is 3.76. The Morgan fingerprint density at radius 3 is 2.35 bits per heavy atom. The maximum Gasteiger partial charge on any atom is 0.265 e. The van der Waals surface area contributed by atoms with E-state index in [2.05, 4.69) is 5.32 Å². The monoisotopic (exact) mass is 450 g/mol. The van der Waals surface area contributed by atoms with Gasteiger partial charge in [-0.05, 0) is 78.9 Å². The summed E-state index contributed by atoms with van der Waals surface area (Å²) in [7, 11) is -2.13. The average molecular weight is 451 g/mol. The molecule has 1 heterocycles. The van der Waals surface area contributed by atoms with Crippen LogP contribution in [0.15, 0.2) is 77.7 Å². The summed E-state index contributed by atoms with van der Waals surface area (Å²) in [6.07, 6.45) is 0. The van der Waals surface area contributed by atoms with Gasteiger partial charge < -0.3 is 5.32 Å². The number of nitrogens with zero attached hydrogens (tertiary/aromatic N) is 1. The zero-order valence-corrected chi connectivity index (χ0v) is 19.0. The molecular weight excluding hydrogens is 428 g/mol. The van der Waals surface area contributed by atoms with Crippen LogP contribution in [-0.2, 0) is 10.0 Å². The average Bonchev–Trinajstić information content (AvgIpc) is 3.20. The summed E-state index contributed by atoms with van der Waals surface area (Å²) in [5.74, 6) is -0.184. The first-order chi connectivity index (χ1) is 14.8. The van der Waals surface area contributed by atoms with E-state index >= 15 is 0 Å². The Hall–Kier alpha value is -3.16. The molecule has 3 aromatic carbocycles. The molecule has 4 aromatic rings. The molecule has 31 heavy (non-hydrogen) atoms. The van der Waals surface area contributed by atoms with Crippen molar-refractivity contribution >= 4 is 48.7 Å². The van der Waals surface area contributed by atoms with E-state index in [9.17, 15) is 13.2 Å². The molecule has 1 N–H and O–H groups in total. The summed E-state index contributed by atoms with van der Waals surface area (Å²) >= 11 is 1.38. The number of carbonyl (C=O) groups excluding carboxylic acids is 1. The van der Waals surface area contributed by atoms with Gasteiger partial charge in [-0.25, -0.2) is 8.42 Å². The SMILES string of the molecule is Cc1ccc(NC(=O)c2cc3cc(N(C)S(=O)(=O)c4ccccc4)ccc3s2)cc1C. The van der Waals surface area contributed by atoms with Crippen molar-refractivity contribution in [1.29, 1.82) is 0 Å². The van der Waals surface area contributed by atoms with Crippen molar-refractivity contribution < 1.29 is 13.2 Å². The van der Waals surface area contributed by atoms with Gasteiger partial charge in [0.05, 0.1) is 15.5 Å². The fourth-order valence-electron chi connectivity index (χ4n) is 3.24. The number of aryl methyl sites for hydroxylation is 2. The number of hydrogen-bond acceptors (Lipinski definition) is 4. The largest absolute Gasteiger partial charge is 0.321 e. The predicted molar refractivity (Wildman–Crippen MR) is 128 cm³/mol. The van der Waals surface area contributed by atoms with Crippen molar-refractivity contribution in [2.24, 2.45) is 0 Å². The topological polar surface area (TPSA) is 66.5 Å². The molecule has 0 bridgehead atoms. The predicted octanol–water partition coefficient (Wildman–Crippen LogP) is 5.60. The Morgan fingerprint density at radius 2 is 1.65 bits per heavy atom. The lowest BCUT2D eigenvalue weighted by Crippen LogP contribution is -2.26. The van der Waals surface area contributed by atoms with Gasteiger partial charge in [0.1, 0.15) is 0 Å². The standard InChI is InChI=1S/C24H22N2O3S2/c1-16-9-10-19(13-17(16)2)25-24(27)23-15-18-14-20(11-12-22(18)30-23)26(3)31(28,29)21-7-5-4-6-8-21/h4-15H,1-3H3,(H,25,27). The van der Waals surface area contributed by atoms with Crippen LogP contribution in [0.25, 0.3) is 10.1 Å². The second kappa shape index (κ2) is 8.17. The number of sulfonamides is 1. The highest BCUT2D eigenvalue weighted by Crippen LogP contribution is 2.31. The van der Waals surface area contributed by atoms with Gasteiger partial charge in [-0.15, -0.1) is 11.3 Å². The lowest BCUT2D eigenvalue weighted by atomic mass is 10.1. The van der Waals surface area contributed by atoms with E-state index in [1.165, 1.54) is 28.3 Å². The van der Waals surface area contributed by atoms with Crippen molar-refractivity contribution in [2.75, 3.05) is 16.7 Å². The van der Waals surface area contributed by atoms with E-state index in [-0.39, 0.29) is 10.8 Å². The van der Waals surface area contributed by atoms with Crippen LogP contribution in [-0.4, -0.2) is 21.4 Å². The lowest BCUT2D eigenvalue weighted by molar-refractivity contribution is 0.103. The minimum atomic E-state index is -3.66. The third-order valence-corrected chi connectivity index (χ3v) is 8.17. The Morgan fingerprint density at radius 1 is 0.903 bits per heavy atom. The molecule has 0 aliphatic heterocycles. The lowest BCUT2D eigenvalue weighted by Gasteiger charge is -2.19. The number of rotatable bonds is 5. The first-order valence-electron chi connectivity index (χ1n) is 9.72. The Bertz CT molecular complexity index is 1380. The molecule has 1 aromatic heterocycles. The van der Waals surface area contributed by atoms with E-state index in [0.717, 1.165) is 21.3 Å². The first-order valence-corrected chi connectivity index (χ1v) is 12.0. The molecule has 0 unspecified atom stereocenters. The summed E-state index contributed by atoms with van der Waals surface area (Å²) in [4.78, 5) is 13.5. The molecule has 0 atom stereocenters. The van der Waals surface area contributed by atoms with Gasteiger partial charge in [-0.1, -0.05) is 24.3 Å². The summed E-state index contributed by atoms with van der Waals surface area (Å²) in [6, 6.07) is 21.3. The minimum Gasteiger partial charge on any atom is -0.321 e. The Balaban J connectivity index is 1.61. The van der Waals surface area contributed by atoms with Crippen LogP contribution >= 0.6 is 11.3 Å². The summed E-state index contributed by atoms with van der Waals surface area (Å²) in [6.45, 7) is 4.03. The van der Waals surface area contributed by atoms with Crippen LogP contribution in [0.4, 0.5) is 11.4 Å². The number of thiophene rings is 1. The number of anilines is 2. The zero-order chi connectivity index (χ0) is 22.2. The molecule has 5 nitrogen and oxygen atoms in total. The summed E-state index contributed by atoms with van der Waals surface area (Å²) < 4.78 is 28.0. The molecule has 4 rings (SSSR count). The molecular formula is C24H22N2O3S2. The van der Waals surface area contributed by atoms with Crippen molar-refractivity contribution in [3.63, 3.8) is 0 Å². The van der Waals surface area contributed by atoms with Gasteiger partial charge in [0.2, 0.25) is 0 Å². The molecule has 0 fully saturated rings. The maximum absolute atomic E-state index is 12.9. The molecule has 0 spiro atoms. The van der Waals surface area contributed by atoms with Gasteiger partial charge in [0, 0.05) is 17.4 Å². The third kappa shape index (κ3) is 4.19. The number of amides is 1. The molecule has 0 radical (unpaired) electrons. The Kier molecular flexibility index (Phi) is 5.56. The summed E-state index contributed by atoms with van der Waals surface area (Å²) in [5.41, 5.74) is 3.57. The van der Waals surface area contributed by atoms with Gasteiger partial charge >= 0.3 is 0 Å². The maximum atomic E-state index is 12.9. The van der Waals surface area contributed by atoms with Gasteiger partial charge in [-0.2, -0.15) is 0 Å². The fourth-order valence-corrected chi connectivity index (χ4v) is 5.39. The zero-order valence-electron chi connectivity index (χ0n) is 17.4. The van der Waals surface area contributed by atoms with Crippen LogP contribution < -0.4 is 9.62 Å². The van der Waals surface area contributed by atoms with Crippen LogP contribution in [0, 0.1) is 13.8 Å². The van der Waals surface area contributed by atoms with Crippen LogP contribution in [0.3, 0.4) is 0 Å². The molecule has 0 saturated heterocycles. The van der Waals surface area contributed by atoms with Crippen molar-refractivity contribution in [3.05, 3.63) is 88.8 Å². The highest BCUT2D eigenvalue weighted by Gasteiger charge is 2.21. The molecule has 0 saturated carbocycles. The van der Waals surface area contributed by atoms with E-state index in [1.54, 1.807) is 48.5 Å². The second-order valence-electron chi connectivity index (χ2n) is 7.37. The van der Waals surface area contributed by atoms with E-state index < -0.39 is 10.0 Å². The molecule has 158 valence electrons. The van der Waals surface area contributed by atoms with Gasteiger partial charge in [0.25, 0.3) is 15.9 Å². The second-order valence-corrected chi connectivity index (χ2v) is 10.4. The molecule has 0 aliphatic rings. The fraction of sp³-hybridized carbons (Fsp3) is 0.125. The minimum absolute atomic E-state index is 0.184. The Labute approximate surface area is 186 Å². The third-order valence-electron chi connectivity index (χ3n) is 5.25. The molecule has 1 amide bonds. The highest BCUT2D eigenvalue weighted by molar-refractivity contribution is 7.92. The van der Waals surface area contributed by atoms with E-state index in [0.29, 0.717) is 10.6 Å². The smallest absolute Gasteiger partial charge is 0.265 e. The van der Waals surface area contributed by atoms with Gasteiger partial charge in [0.15, 0.2) is 0 Å². The number of hydrogen-bond donors (Lipinski definition) is 1. The molecule has 0 aliphatic carbocycles. The number of nitrogens with one attached hydrogen (secondary N) is 1. The first kappa shape index (κ1) is 21.1. The van der Waals surface area contributed by atoms with E-state index in [4.69, 9.17) is 0 Å². The number of fused-ring (bicyclic) bond motifs is 1. The molecule has 7 heteroatoms. The van der Waals surface area contributed by atoms with Crippen molar-refractivity contribution in [3.8, 4) is 0 Å². The quantitative estimate of drug-likeness (QED) is 0.431. The van der Waals surface area contributed by atoms with E-state index in [1.807, 2.05) is 38.1 Å². The highest BCUT2D eigenvalue weighted by atomic mass is 32.2.